The lowest BCUT2D eigenvalue weighted by molar-refractivity contribution is -0.0441. The van der Waals surface area contributed by atoms with Crippen molar-refractivity contribution < 1.29 is 9.47 Å². The first-order chi connectivity index (χ1) is 10.4. The van der Waals surface area contributed by atoms with Gasteiger partial charge < -0.3 is 15.2 Å². The first-order valence-corrected chi connectivity index (χ1v) is 7.49. The molecule has 0 atom stereocenters. The molecule has 1 fully saturated rings. The van der Waals surface area contributed by atoms with E-state index in [1.807, 2.05) is 0 Å². The standard InChI is InChI=1S/C18H21NO2/c19-11-1-2-14-3-5-15(6-4-14)16-7-9-17(10-8-16)18-20-12-13-21-18/h3-10,18H,1-2,11-13,19H2. The van der Waals surface area contributed by atoms with Crippen molar-refractivity contribution in [3.63, 3.8) is 0 Å². The third-order valence-corrected chi connectivity index (χ3v) is 3.76. The summed E-state index contributed by atoms with van der Waals surface area (Å²) in [5.74, 6) is 0. The molecule has 1 aliphatic heterocycles. The molecule has 2 N–H and O–H groups in total. The van der Waals surface area contributed by atoms with Crippen LogP contribution in [-0.2, 0) is 15.9 Å². The monoisotopic (exact) mass is 283 g/mol. The quantitative estimate of drug-likeness (QED) is 0.915. The van der Waals surface area contributed by atoms with Crippen LogP contribution in [0.25, 0.3) is 11.1 Å². The minimum absolute atomic E-state index is 0.197. The zero-order valence-corrected chi connectivity index (χ0v) is 12.1. The van der Waals surface area contributed by atoms with Crippen LogP contribution in [0, 0.1) is 0 Å². The summed E-state index contributed by atoms with van der Waals surface area (Å²) in [5.41, 5.74) is 10.4. The lowest BCUT2D eigenvalue weighted by atomic mass is 10.0. The van der Waals surface area contributed by atoms with Crippen LogP contribution in [0.15, 0.2) is 48.5 Å². The largest absolute Gasteiger partial charge is 0.346 e. The number of rotatable bonds is 5. The fraction of sp³-hybridized carbons (Fsp3) is 0.333. The van der Waals surface area contributed by atoms with E-state index >= 15 is 0 Å². The van der Waals surface area contributed by atoms with Crippen molar-refractivity contribution in [2.75, 3.05) is 19.8 Å². The Morgan fingerprint density at radius 1 is 0.857 bits per heavy atom. The van der Waals surface area contributed by atoms with E-state index in [4.69, 9.17) is 15.2 Å². The summed E-state index contributed by atoms with van der Waals surface area (Å²) in [4.78, 5) is 0. The average Bonchev–Trinajstić information content (AvgIpc) is 3.08. The van der Waals surface area contributed by atoms with Gasteiger partial charge in [-0.3, -0.25) is 0 Å². The molecular weight excluding hydrogens is 262 g/mol. The van der Waals surface area contributed by atoms with Gasteiger partial charge in [-0.15, -0.1) is 0 Å². The topological polar surface area (TPSA) is 44.5 Å². The van der Waals surface area contributed by atoms with E-state index < -0.39 is 0 Å². The van der Waals surface area contributed by atoms with E-state index in [-0.39, 0.29) is 6.29 Å². The highest BCUT2D eigenvalue weighted by atomic mass is 16.7. The Morgan fingerprint density at radius 3 is 2.00 bits per heavy atom. The summed E-state index contributed by atoms with van der Waals surface area (Å²) in [7, 11) is 0. The Morgan fingerprint density at radius 2 is 1.43 bits per heavy atom. The summed E-state index contributed by atoms with van der Waals surface area (Å²) >= 11 is 0. The third-order valence-electron chi connectivity index (χ3n) is 3.76. The first kappa shape index (κ1) is 14.3. The fourth-order valence-corrected chi connectivity index (χ4v) is 2.55. The lowest BCUT2D eigenvalue weighted by Crippen LogP contribution is -2.00. The highest BCUT2D eigenvalue weighted by molar-refractivity contribution is 5.64. The van der Waals surface area contributed by atoms with E-state index in [1.165, 1.54) is 16.7 Å². The van der Waals surface area contributed by atoms with Gasteiger partial charge in [-0.25, -0.2) is 0 Å². The van der Waals surface area contributed by atoms with Crippen LogP contribution in [0.5, 0.6) is 0 Å². The Kier molecular flexibility index (Phi) is 4.65. The van der Waals surface area contributed by atoms with Crippen molar-refractivity contribution in [1.29, 1.82) is 0 Å². The molecule has 0 aliphatic carbocycles. The Labute approximate surface area is 125 Å². The third kappa shape index (κ3) is 3.50. The molecular formula is C18H21NO2. The molecule has 1 aliphatic rings. The second-order valence-electron chi connectivity index (χ2n) is 5.28. The normalized spacial score (nSPS) is 15.5. The molecule has 2 aromatic rings. The number of aryl methyl sites for hydroxylation is 1. The smallest absolute Gasteiger partial charge is 0.184 e. The van der Waals surface area contributed by atoms with Gasteiger partial charge in [-0.1, -0.05) is 48.5 Å². The van der Waals surface area contributed by atoms with Gasteiger partial charge in [-0.2, -0.15) is 0 Å². The highest BCUT2D eigenvalue weighted by Crippen LogP contribution is 2.26. The maximum absolute atomic E-state index is 5.54. The zero-order valence-electron chi connectivity index (χ0n) is 12.1. The molecule has 3 rings (SSSR count). The summed E-state index contributed by atoms with van der Waals surface area (Å²) in [5, 5.41) is 0. The van der Waals surface area contributed by atoms with Crippen molar-refractivity contribution in [2.45, 2.75) is 19.1 Å². The molecule has 1 saturated heterocycles. The molecule has 0 bridgehead atoms. The SMILES string of the molecule is NCCCc1ccc(-c2ccc(C3OCCO3)cc2)cc1. The summed E-state index contributed by atoms with van der Waals surface area (Å²) in [6.45, 7) is 2.10. The highest BCUT2D eigenvalue weighted by Gasteiger charge is 2.17. The first-order valence-electron chi connectivity index (χ1n) is 7.49. The predicted molar refractivity (Wildman–Crippen MR) is 83.9 cm³/mol. The van der Waals surface area contributed by atoms with Crippen molar-refractivity contribution in [3.8, 4) is 11.1 Å². The Bertz CT molecular complexity index is 557. The van der Waals surface area contributed by atoms with E-state index in [9.17, 15) is 0 Å². The molecule has 0 radical (unpaired) electrons. The van der Waals surface area contributed by atoms with E-state index in [1.54, 1.807) is 0 Å². The van der Waals surface area contributed by atoms with Gasteiger partial charge in [0, 0.05) is 5.56 Å². The summed E-state index contributed by atoms with van der Waals surface area (Å²) in [6.07, 6.45) is 1.89. The van der Waals surface area contributed by atoms with Gasteiger partial charge in [0.05, 0.1) is 13.2 Å². The van der Waals surface area contributed by atoms with Crippen molar-refractivity contribution >= 4 is 0 Å². The number of nitrogens with two attached hydrogens (primary N) is 1. The van der Waals surface area contributed by atoms with Crippen molar-refractivity contribution in [3.05, 3.63) is 59.7 Å². The van der Waals surface area contributed by atoms with Crippen LogP contribution >= 0.6 is 0 Å². The van der Waals surface area contributed by atoms with E-state index in [0.717, 1.165) is 24.9 Å². The van der Waals surface area contributed by atoms with Crippen molar-refractivity contribution in [2.24, 2.45) is 5.73 Å². The van der Waals surface area contributed by atoms with E-state index in [2.05, 4.69) is 48.5 Å². The molecule has 3 heteroatoms. The average molecular weight is 283 g/mol. The van der Waals surface area contributed by atoms with E-state index in [0.29, 0.717) is 13.2 Å². The summed E-state index contributed by atoms with van der Waals surface area (Å²) < 4.78 is 11.0. The molecule has 0 unspecified atom stereocenters. The van der Waals surface area contributed by atoms with Gasteiger partial charge in [0.2, 0.25) is 0 Å². The molecule has 21 heavy (non-hydrogen) atoms. The minimum Gasteiger partial charge on any atom is -0.346 e. The Balaban J connectivity index is 1.71. The molecule has 0 saturated carbocycles. The summed E-state index contributed by atoms with van der Waals surface area (Å²) in [6, 6.07) is 17.1. The van der Waals surface area contributed by atoms with Crippen LogP contribution < -0.4 is 5.73 Å². The van der Waals surface area contributed by atoms with Crippen LogP contribution in [-0.4, -0.2) is 19.8 Å². The maximum Gasteiger partial charge on any atom is 0.184 e. The maximum atomic E-state index is 5.54. The van der Waals surface area contributed by atoms with Gasteiger partial charge in [0.15, 0.2) is 6.29 Å². The Hall–Kier alpha value is -1.68. The van der Waals surface area contributed by atoms with Gasteiger partial charge in [0.25, 0.3) is 0 Å². The van der Waals surface area contributed by atoms with Crippen LogP contribution in [0.1, 0.15) is 23.8 Å². The van der Waals surface area contributed by atoms with Gasteiger partial charge >= 0.3 is 0 Å². The second kappa shape index (κ2) is 6.85. The number of hydrogen-bond acceptors (Lipinski definition) is 3. The number of hydrogen-bond donors (Lipinski definition) is 1. The minimum atomic E-state index is -0.197. The number of benzene rings is 2. The molecule has 2 aromatic carbocycles. The predicted octanol–water partition coefficient (Wildman–Crippen LogP) is 3.29. The second-order valence-corrected chi connectivity index (χ2v) is 5.28. The van der Waals surface area contributed by atoms with Gasteiger partial charge in [-0.05, 0) is 36.1 Å². The molecule has 3 nitrogen and oxygen atoms in total. The molecule has 110 valence electrons. The van der Waals surface area contributed by atoms with Crippen LogP contribution in [0.4, 0.5) is 0 Å². The molecule has 1 heterocycles. The van der Waals surface area contributed by atoms with Crippen LogP contribution in [0.3, 0.4) is 0 Å². The molecule has 0 amide bonds. The molecule has 0 spiro atoms. The molecule has 0 aromatic heterocycles. The van der Waals surface area contributed by atoms with Crippen molar-refractivity contribution in [1.82, 2.24) is 0 Å². The lowest BCUT2D eigenvalue weighted by Gasteiger charge is -2.10. The van der Waals surface area contributed by atoms with Gasteiger partial charge in [0.1, 0.15) is 0 Å². The zero-order chi connectivity index (χ0) is 14.5. The number of ether oxygens (including phenoxy) is 2. The fourth-order valence-electron chi connectivity index (χ4n) is 2.55. The van der Waals surface area contributed by atoms with Crippen LogP contribution in [0.2, 0.25) is 0 Å².